The Bertz CT molecular complexity index is 1260. The predicted octanol–water partition coefficient (Wildman–Crippen LogP) is 4.69. The van der Waals surface area contributed by atoms with E-state index >= 15 is 0 Å². The van der Waals surface area contributed by atoms with Gasteiger partial charge in [-0.25, -0.2) is 8.78 Å². The number of rotatable bonds is 15. The minimum atomic E-state index is -0.783. The number of carbonyl (C=O) groups excluding carboxylic acids is 1. The molecule has 2 atom stereocenters. The van der Waals surface area contributed by atoms with E-state index in [2.05, 4.69) is 0 Å². The van der Waals surface area contributed by atoms with Gasteiger partial charge >= 0.3 is 0 Å². The average molecular weight is 580 g/mol. The lowest BCUT2D eigenvalue weighted by Crippen LogP contribution is -2.52. The van der Waals surface area contributed by atoms with Crippen LogP contribution in [0.2, 0.25) is 0 Å². The smallest absolute Gasteiger partial charge is 0.233 e. The summed E-state index contributed by atoms with van der Waals surface area (Å²) >= 11 is 0.702. The maximum atomic E-state index is 14.1. The number of nitrogens with zero attached hydrogens (tertiary/aromatic N) is 3. The summed E-state index contributed by atoms with van der Waals surface area (Å²) in [5, 5.41) is 18.4. The number of thioether (sulfide) groups is 1. The first-order valence-corrected chi connectivity index (χ1v) is 14.0. The van der Waals surface area contributed by atoms with Crippen molar-refractivity contribution in [3.05, 3.63) is 63.1 Å². The summed E-state index contributed by atoms with van der Waals surface area (Å²) in [5.41, 5.74) is 0.0461. The summed E-state index contributed by atoms with van der Waals surface area (Å²) < 4.78 is 40.2. The van der Waals surface area contributed by atoms with Gasteiger partial charge in [-0.3, -0.25) is 30.1 Å². The second-order valence-corrected chi connectivity index (χ2v) is 10.3. The standard InChI is InChI=1S/C28H39F2N5O4S/c1-7-21(39-9-3)12-13-25(34(8-2)17-36)33(5)35-16-22(26(37)27(38-6)18(35)4)28(32)40-24(31)14-19-10-11-20(29)15-23(19)30/h10-11,15-17,21,25,31-32H,7-9,12-14H2,1-6H3. The third-order valence-corrected chi connectivity index (χ3v) is 7.49. The zero-order valence-corrected chi connectivity index (χ0v) is 24.7. The number of pyridine rings is 1. The Morgan fingerprint density at radius 3 is 2.45 bits per heavy atom. The van der Waals surface area contributed by atoms with Crippen molar-refractivity contribution in [1.82, 2.24) is 9.58 Å². The lowest BCUT2D eigenvalue weighted by molar-refractivity contribution is -0.120. The number of aromatic nitrogens is 1. The fourth-order valence-electron chi connectivity index (χ4n) is 4.49. The lowest BCUT2D eigenvalue weighted by atomic mass is 10.1. The van der Waals surface area contributed by atoms with Gasteiger partial charge < -0.3 is 14.4 Å². The van der Waals surface area contributed by atoms with Crippen molar-refractivity contribution >= 4 is 28.3 Å². The number of ether oxygens (including phenoxy) is 2. The quantitative estimate of drug-likeness (QED) is 0.137. The van der Waals surface area contributed by atoms with Gasteiger partial charge in [0.25, 0.3) is 0 Å². The molecule has 2 rings (SSSR count). The van der Waals surface area contributed by atoms with Gasteiger partial charge in [0.05, 0.1) is 29.5 Å². The molecule has 0 bridgehead atoms. The van der Waals surface area contributed by atoms with Crippen LogP contribution in [-0.4, -0.2) is 65.7 Å². The zero-order chi connectivity index (χ0) is 30.0. The van der Waals surface area contributed by atoms with Crippen LogP contribution in [0.25, 0.3) is 0 Å². The van der Waals surface area contributed by atoms with Crippen LogP contribution in [0.4, 0.5) is 8.78 Å². The fourth-order valence-corrected chi connectivity index (χ4v) is 5.22. The van der Waals surface area contributed by atoms with Crippen molar-refractivity contribution < 1.29 is 23.0 Å². The van der Waals surface area contributed by atoms with Gasteiger partial charge in [-0.1, -0.05) is 24.8 Å². The molecule has 0 saturated heterocycles. The van der Waals surface area contributed by atoms with Crippen LogP contribution in [0, 0.1) is 29.4 Å². The first-order chi connectivity index (χ1) is 19.0. The van der Waals surface area contributed by atoms with E-state index in [1.165, 1.54) is 19.4 Å². The van der Waals surface area contributed by atoms with Crippen molar-refractivity contribution in [2.75, 3.05) is 32.3 Å². The van der Waals surface area contributed by atoms with E-state index in [4.69, 9.17) is 20.3 Å². The van der Waals surface area contributed by atoms with Gasteiger partial charge in [0.1, 0.15) is 22.8 Å². The summed E-state index contributed by atoms with van der Waals surface area (Å²) in [7, 11) is 3.15. The maximum Gasteiger partial charge on any atom is 0.233 e. The molecule has 2 unspecified atom stereocenters. The Morgan fingerprint density at radius 1 is 1.20 bits per heavy atom. The number of amides is 1. The number of methoxy groups -OCH3 is 1. The Hall–Kier alpha value is -3.25. The van der Waals surface area contributed by atoms with Gasteiger partial charge in [0.2, 0.25) is 11.8 Å². The molecule has 1 amide bonds. The Labute approximate surface area is 238 Å². The van der Waals surface area contributed by atoms with Crippen molar-refractivity contribution in [3.8, 4) is 5.75 Å². The van der Waals surface area contributed by atoms with E-state index in [-0.39, 0.29) is 39.5 Å². The highest BCUT2D eigenvalue weighted by Crippen LogP contribution is 2.22. The summed E-state index contributed by atoms with van der Waals surface area (Å²) in [6.07, 6.45) is 3.88. The van der Waals surface area contributed by atoms with Crippen molar-refractivity contribution in [2.45, 2.75) is 65.6 Å². The Kier molecular flexibility index (Phi) is 12.8. The van der Waals surface area contributed by atoms with E-state index in [0.717, 1.165) is 25.0 Å². The number of hydrogen-bond donors (Lipinski definition) is 2. The fraction of sp³-hybridized carbons (Fsp3) is 0.500. The predicted molar refractivity (Wildman–Crippen MR) is 156 cm³/mol. The molecular weight excluding hydrogens is 540 g/mol. The molecule has 1 heterocycles. The second-order valence-electron chi connectivity index (χ2n) is 9.16. The molecule has 40 heavy (non-hydrogen) atoms. The van der Waals surface area contributed by atoms with Crippen molar-refractivity contribution in [3.63, 3.8) is 0 Å². The molecule has 0 fully saturated rings. The number of halogens is 2. The normalized spacial score (nSPS) is 12.5. The molecule has 0 aliphatic heterocycles. The van der Waals surface area contributed by atoms with Crippen molar-refractivity contribution in [2.24, 2.45) is 0 Å². The van der Waals surface area contributed by atoms with E-state index in [9.17, 15) is 18.4 Å². The number of carbonyl (C=O) groups is 1. The largest absolute Gasteiger partial charge is 0.491 e. The van der Waals surface area contributed by atoms with E-state index < -0.39 is 23.2 Å². The molecule has 1 aromatic carbocycles. The maximum absolute atomic E-state index is 14.1. The minimum absolute atomic E-state index is 0.0164. The SMILES string of the molecule is CCOC(CC)CCC(N(C=O)CC)N(C)n1cc(C(=N)SC(=N)Cc2ccc(F)cc2F)c(=O)c(OC)c1C. The summed E-state index contributed by atoms with van der Waals surface area (Å²) in [6, 6.07) is 3.10. The van der Waals surface area contributed by atoms with Gasteiger partial charge in [-0.2, -0.15) is 0 Å². The summed E-state index contributed by atoms with van der Waals surface area (Å²) in [4.78, 5) is 26.9. The van der Waals surface area contributed by atoms with E-state index in [0.29, 0.717) is 43.4 Å². The molecule has 2 aromatic rings. The Morgan fingerprint density at radius 2 is 1.90 bits per heavy atom. The van der Waals surface area contributed by atoms with Crippen LogP contribution in [-0.2, 0) is 16.0 Å². The van der Waals surface area contributed by atoms with Crippen LogP contribution in [0.3, 0.4) is 0 Å². The first kappa shape index (κ1) is 33.0. The van der Waals surface area contributed by atoms with Crippen LogP contribution >= 0.6 is 11.8 Å². The van der Waals surface area contributed by atoms with E-state index in [1.807, 2.05) is 25.8 Å². The molecule has 1 aromatic heterocycles. The molecule has 2 N–H and O–H groups in total. The molecular formula is C28H39F2N5O4S. The lowest BCUT2D eigenvalue weighted by Gasteiger charge is -2.39. The van der Waals surface area contributed by atoms with Gasteiger partial charge in [-0.05, 0) is 51.7 Å². The number of benzene rings is 1. The van der Waals surface area contributed by atoms with Crippen molar-refractivity contribution in [1.29, 1.82) is 10.8 Å². The second kappa shape index (κ2) is 15.5. The van der Waals surface area contributed by atoms with Gasteiger partial charge in [0.15, 0.2) is 5.75 Å². The highest BCUT2D eigenvalue weighted by atomic mass is 32.2. The minimum Gasteiger partial charge on any atom is -0.491 e. The number of nitrogens with one attached hydrogen (secondary N) is 2. The first-order valence-electron chi connectivity index (χ1n) is 13.2. The third-order valence-electron chi connectivity index (χ3n) is 6.67. The van der Waals surface area contributed by atoms with Gasteiger partial charge in [0, 0.05) is 38.9 Å². The molecule has 0 spiro atoms. The monoisotopic (exact) mass is 579 g/mol. The molecule has 9 nitrogen and oxygen atoms in total. The van der Waals surface area contributed by atoms with Gasteiger partial charge in [-0.15, -0.1) is 0 Å². The van der Waals surface area contributed by atoms with Crippen LogP contribution in [0.15, 0.2) is 29.2 Å². The highest BCUT2D eigenvalue weighted by Gasteiger charge is 2.26. The highest BCUT2D eigenvalue weighted by molar-refractivity contribution is 8.26. The molecule has 0 saturated carbocycles. The summed E-state index contributed by atoms with van der Waals surface area (Å²) in [6.45, 7) is 8.62. The van der Waals surface area contributed by atoms with Crippen LogP contribution < -0.4 is 15.2 Å². The topological polar surface area (TPSA) is 112 Å². The molecule has 0 radical (unpaired) electrons. The average Bonchev–Trinajstić information content (AvgIpc) is 2.91. The molecule has 0 aliphatic carbocycles. The Balaban J connectivity index is 2.42. The molecule has 0 aliphatic rings. The molecule has 12 heteroatoms. The van der Waals surface area contributed by atoms with Crippen LogP contribution in [0.5, 0.6) is 5.75 Å². The summed E-state index contributed by atoms with van der Waals surface area (Å²) in [5.74, 6) is -1.48. The zero-order valence-electron chi connectivity index (χ0n) is 23.9. The van der Waals surface area contributed by atoms with Crippen LogP contribution in [0.1, 0.15) is 56.9 Å². The molecule has 220 valence electrons. The number of hydrogen-bond acceptors (Lipinski definition) is 8. The third kappa shape index (κ3) is 8.14. The van der Waals surface area contributed by atoms with E-state index in [1.54, 1.807) is 23.5 Å².